The third-order valence-corrected chi connectivity index (χ3v) is 4.14. The Hall–Kier alpha value is -3.00. The number of esters is 1. The average Bonchev–Trinajstić information content (AvgIpc) is 3.04. The molecule has 0 bridgehead atoms. The Morgan fingerprint density at radius 2 is 1.83 bits per heavy atom. The van der Waals surface area contributed by atoms with Crippen LogP contribution in [0.15, 0.2) is 46.9 Å². The van der Waals surface area contributed by atoms with Gasteiger partial charge >= 0.3 is 18.1 Å². The Morgan fingerprint density at radius 1 is 1.13 bits per heavy atom. The first-order valence-electron chi connectivity index (χ1n) is 8.76. The van der Waals surface area contributed by atoms with Gasteiger partial charge in [0.05, 0.1) is 17.7 Å². The highest BCUT2D eigenvalue weighted by atomic mass is 35.5. The molecule has 0 amide bonds. The predicted molar refractivity (Wildman–Crippen MR) is 105 cm³/mol. The van der Waals surface area contributed by atoms with Gasteiger partial charge in [0.25, 0.3) is 0 Å². The van der Waals surface area contributed by atoms with E-state index in [0.29, 0.717) is 23.3 Å². The van der Waals surface area contributed by atoms with E-state index in [1.165, 1.54) is 31.2 Å². The van der Waals surface area contributed by atoms with E-state index in [1.54, 1.807) is 19.1 Å². The minimum atomic E-state index is -4.53. The second-order valence-corrected chi connectivity index (χ2v) is 6.61. The van der Waals surface area contributed by atoms with E-state index in [9.17, 15) is 22.8 Å². The summed E-state index contributed by atoms with van der Waals surface area (Å²) in [6.45, 7) is 3.65. The second-order valence-electron chi connectivity index (χ2n) is 6.17. The number of carboxylic acid groups (broad SMARTS) is 1. The molecule has 2 aromatic carbocycles. The Labute approximate surface area is 175 Å². The molecule has 0 saturated carbocycles. The molecule has 1 aromatic heterocycles. The second kappa shape index (κ2) is 9.67. The van der Waals surface area contributed by atoms with Gasteiger partial charge in [-0.25, -0.2) is 4.79 Å². The van der Waals surface area contributed by atoms with E-state index >= 15 is 0 Å². The number of alkyl halides is 3. The zero-order valence-electron chi connectivity index (χ0n) is 16.0. The maximum absolute atomic E-state index is 13.1. The maximum Gasteiger partial charge on any atom is 0.416 e. The molecule has 0 spiro atoms. The summed E-state index contributed by atoms with van der Waals surface area (Å²) in [4.78, 5) is 20.8. The molecule has 5 nitrogen and oxygen atoms in total. The summed E-state index contributed by atoms with van der Waals surface area (Å²) >= 11 is 5.66. The Morgan fingerprint density at radius 3 is 2.37 bits per heavy atom. The minimum Gasteiger partial charge on any atom is -0.478 e. The predicted octanol–water partition coefficient (Wildman–Crippen LogP) is 5.96. The van der Waals surface area contributed by atoms with Gasteiger partial charge in [-0.1, -0.05) is 23.7 Å². The summed E-state index contributed by atoms with van der Waals surface area (Å²) in [7, 11) is 0. The monoisotopic (exact) mass is 442 g/mol. The standard InChI is InChI=1S/C17H10ClF3O3.C4H8O2/c18-12-4-3-9(14(8-12)17(19,20)21)5-13-6-10-1-2-11(16(22)23)7-15(10)24-13;1-3-6-4(2)5/h1-4,6-8H,5H2,(H,22,23);3H2,1-2H3. The number of carbonyl (C=O) groups is 2. The maximum atomic E-state index is 13.1. The van der Waals surface area contributed by atoms with Crippen LogP contribution in [-0.4, -0.2) is 23.7 Å². The number of ether oxygens (including phenoxy) is 1. The number of aromatic carboxylic acids is 1. The van der Waals surface area contributed by atoms with Crippen LogP contribution in [0.4, 0.5) is 13.2 Å². The van der Waals surface area contributed by atoms with Gasteiger partial charge < -0.3 is 14.3 Å². The van der Waals surface area contributed by atoms with Crippen molar-refractivity contribution in [2.24, 2.45) is 0 Å². The number of carbonyl (C=O) groups excluding carboxylic acids is 1. The third-order valence-electron chi connectivity index (χ3n) is 3.91. The van der Waals surface area contributed by atoms with Crippen molar-refractivity contribution in [1.82, 2.24) is 0 Å². The Kier molecular flexibility index (Phi) is 7.50. The van der Waals surface area contributed by atoms with Crippen molar-refractivity contribution in [3.8, 4) is 0 Å². The van der Waals surface area contributed by atoms with Crippen molar-refractivity contribution in [3.05, 3.63) is 69.9 Å². The molecule has 0 atom stereocenters. The molecule has 1 N–H and O–H groups in total. The third kappa shape index (κ3) is 6.25. The van der Waals surface area contributed by atoms with Crippen molar-refractivity contribution < 1.29 is 37.0 Å². The molecule has 30 heavy (non-hydrogen) atoms. The number of fused-ring (bicyclic) bond motifs is 1. The fourth-order valence-electron chi connectivity index (χ4n) is 2.66. The molecule has 0 aliphatic carbocycles. The van der Waals surface area contributed by atoms with Crippen LogP contribution in [0, 0.1) is 0 Å². The normalized spacial score (nSPS) is 11.0. The van der Waals surface area contributed by atoms with Gasteiger partial charge in [-0.2, -0.15) is 13.2 Å². The van der Waals surface area contributed by atoms with Crippen molar-refractivity contribution in [2.75, 3.05) is 6.61 Å². The fraction of sp³-hybridized carbons (Fsp3) is 0.238. The zero-order chi connectivity index (χ0) is 22.5. The molecule has 0 fully saturated rings. The summed E-state index contributed by atoms with van der Waals surface area (Å²) in [6.07, 6.45) is -4.61. The summed E-state index contributed by atoms with van der Waals surface area (Å²) in [5.41, 5.74) is -0.426. The van der Waals surface area contributed by atoms with Crippen LogP contribution in [0.3, 0.4) is 0 Å². The van der Waals surface area contributed by atoms with Gasteiger partial charge in [-0.15, -0.1) is 0 Å². The number of hydrogen-bond acceptors (Lipinski definition) is 4. The van der Waals surface area contributed by atoms with Crippen LogP contribution in [-0.2, 0) is 22.1 Å². The van der Waals surface area contributed by atoms with Gasteiger partial charge in [0, 0.05) is 23.8 Å². The van der Waals surface area contributed by atoms with Crippen LogP contribution in [0.2, 0.25) is 5.02 Å². The van der Waals surface area contributed by atoms with E-state index in [0.717, 1.165) is 6.07 Å². The lowest BCUT2D eigenvalue weighted by molar-refractivity contribution is -0.140. The first kappa shape index (κ1) is 23.3. The number of furan rings is 1. The Bertz CT molecular complexity index is 1060. The Balaban J connectivity index is 0.000000469. The fourth-order valence-corrected chi connectivity index (χ4v) is 2.84. The quantitative estimate of drug-likeness (QED) is 0.504. The molecule has 9 heteroatoms. The van der Waals surface area contributed by atoms with Gasteiger partial charge in [0.2, 0.25) is 0 Å². The van der Waals surface area contributed by atoms with E-state index in [1.807, 2.05) is 0 Å². The summed E-state index contributed by atoms with van der Waals surface area (Å²) in [5.74, 6) is -1.01. The molecule has 160 valence electrons. The highest BCUT2D eigenvalue weighted by Gasteiger charge is 2.33. The van der Waals surface area contributed by atoms with Crippen LogP contribution in [0.25, 0.3) is 11.0 Å². The zero-order valence-corrected chi connectivity index (χ0v) is 16.8. The van der Waals surface area contributed by atoms with Crippen molar-refractivity contribution in [3.63, 3.8) is 0 Å². The molecule has 1 heterocycles. The molecule has 0 unspecified atom stereocenters. The highest BCUT2D eigenvalue weighted by Crippen LogP contribution is 2.35. The number of benzene rings is 2. The summed E-state index contributed by atoms with van der Waals surface area (Å²) in [5, 5.41) is 9.58. The first-order valence-corrected chi connectivity index (χ1v) is 9.13. The first-order chi connectivity index (χ1) is 14.0. The highest BCUT2D eigenvalue weighted by molar-refractivity contribution is 6.30. The molecule has 0 aliphatic rings. The van der Waals surface area contributed by atoms with E-state index in [2.05, 4.69) is 4.74 Å². The summed E-state index contributed by atoms with van der Waals surface area (Å²) in [6, 6.07) is 9.47. The lowest BCUT2D eigenvalue weighted by Gasteiger charge is -2.12. The average molecular weight is 443 g/mol. The van der Waals surface area contributed by atoms with Crippen LogP contribution >= 0.6 is 11.6 Å². The lowest BCUT2D eigenvalue weighted by atomic mass is 10.0. The number of halogens is 4. The van der Waals surface area contributed by atoms with Crippen molar-refractivity contribution in [1.29, 1.82) is 0 Å². The van der Waals surface area contributed by atoms with Gasteiger partial charge in [-0.3, -0.25) is 4.79 Å². The summed E-state index contributed by atoms with van der Waals surface area (Å²) < 4.78 is 49.3. The smallest absolute Gasteiger partial charge is 0.416 e. The minimum absolute atomic E-state index is 0.00165. The molecule has 3 aromatic rings. The van der Waals surface area contributed by atoms with E-state index in [4.69, 9.17) is 21.1 Å². The van der Waals surface area contributed by atoms with Gasteiger partial charge in [-0.05, 0) is 42.8 Å². The van der Waals surface area contributed by atoms with Gasteiger partial charge in [0.1, 0.15) is 11.3 Å². The number of hydrogen-bond donors (Lipinski definition) is 1. The molecule has 3 rings (SSSR count). The topological polar surface area (TPSA) is 76.7 Å². The number of carboxylic acids is 1. The van der Waals surface area contributed by atoms with Crippen LogP contribution in [0.1, 0.15) is 41.1 Å². The SMILES string of the molecule is CCOC(C)=O.O=C(O)c1ccc2cc(Cc3ccc(Cl)cc3C(F)(F)F)oc2c1. The van der Waals surface area contributed by atoms with Crippen LogP contribution in [0.5, 0.6) is 0 Å². The van der Waals surface area contributed by atoms with Gasteiger partial charge in [0.15, 0.2) is 0 Å². The van der Waals surface area contributed by atoms with Crippen LogP contribution < -0.4 is 0 Å². The van der Waals surface area contributed by atoms with Crippen molar-refractivity contribution in [2.45, 2.75) is 26.4 Å². The molecule has 0 aliphatic heterocycles. The van der Waals surface area contributed by atoms with Crippen molar-refractivity contribution >= 4 is 34.5 Å². The largest absolute Gasteiger partial charge is 0.478 e. The molecular formula is C21H18ClF3O5. The number of rotatable bonds is 4. The van der Waals surface area contributed by atoms with E-state index < -0.39 is 17.7 Å². The van der Waals surface area contributed by atoms with E-state index in [-0.39, 0.29) is 28.5 Å². The molecule has 0 saturated heterocycles. The molecule has 0 radical (unpaired) electrons. The molecular weight excluding hydrogens is 425 g/mol. The lowest BCUT2D eigenvalue weighted by Crippen LogP contribution is -2.09.